The summed E-state index contributed by atoms with van der Waals surface area (Å²) in [6.07, 6.45) is 0. The molecule has 1 saturated heterocycles. The average molecular weight is 291 g/mol. The van der Waals surface area contributed by atoms with Gasteiger partial charge in [-0.25, -0.2) is 9.69 Å². The summed E-state index contributed by atoms with van der Waals surface area (Å²) in [5.41, 5.74) is -0.306. The topological polar surface area (TPSA) is 118 Å². The van der Waals surface area contributed by atoms with Crippen LogP contribution in [0.25, 0.3) is 0 Å². The van der Waals surface area contributed by atoms with Crippen molar-refractivity contribution in [2.75, 3.05) is 13.6 Å². The van der Waals surface area contributed by atoms with E-state index in [9.17, 15) is 29.3 Å². The molecule has 1 heterocycles. The van der Waals surface area contributed by atoms with Gasteiger partial charge in [0, 0.05) is 24.7 Å². The number of ketones is 1. The maximum Gasteiger partial charge on any atom is 0.334 e. The fourth-order valence-electron chi connectivity index (χ4n) is 1.78. The molecule has 0 aromatic heterocycles. The third kappa shape index (κ3) is 2.48. The Morgan fingerprint density at radius 1 is 1.24 bits per heavy atom. The first kappa shape index (κ1) is 14.3. The standard InChI is InChI=1S/C12H9N3O6/c1-13-10(17)11(18)14(12(13)19)6-9(16)7-3-2-4-8(5-7)15(20)21/h2-5H,6H2,1H3. The Morgan fingerprint density at radius 3 is 2.43 bits per heavy atom. The zero-order chi connectivity index (χ0) is 15.7. The van der Waals surface area contributed by atoms with Crippen molar-refractivity contribution in [3.63, 3.8) is 0 Å². The lowest BCUT2D eigenvalue weighted by atomic mass is 10.1. The lowest BCUT2D eigenvalue weighted by Crippen LogP contribution is -2.36. The molecule has 0 bridgehead atoms. The number of non-ortho nitro benzene ring substituents is 1. The predicted molar refractivity (Wildman–Crippen MR) is 67.3 cm³/mol. The number of amides is 4. The normalized spacial score (nSPS) is 14.8. The quantitative estimate of drug-likeness (QED) is 0.257. The van der Waals surface area contributed by atoms with E-state index >= 15 is 0 Å². The van der Waals surface area contributed by atoms with E-state index in [-0.39, 0.29) is 11.3 Å². The maximum absolute atomic E-state index is 12.0. The minimum absolute atomic E-state index is 0.0215. The highest BCUT2D eigenvalue weighted by molar-refractivity contribution is 6.45. The minimum Gasteiger partial charge on any atom is -0.292 e. The Bertz CT molecular complexity index is 683. The molecule has 0 N–H and O–H groups in total. The van der Waals surface area contributed by atoms with Crippen LogP contribution in [-0.4, -0.2) is 51.9 Å². The number of nitro benzene ring substituents is 1. The van der Waals surface area contributed by atoms with Gasteiger partial charge in [-0.05, 0) is 0 Å². The second-order valence-electron chi connectivity index (χ2n) is 4.27. The van der Waals surface area contributed by atoms with Crippen molar-refractivity contribution in [1.82, 2.24) is 9.80 Å². The summed E-state index contributed by atoms with van der Waals surface area (Å²) >= 11 is 0. The molecule has 21 heavy (non-hydrogen) atoms. The zero-order valence-electron chi connectivity index (χ0n) is 10.8. The van der Waals surface area contributed by atoms with Gasteiger partial charge in [0.05, 0.1) is 11.5 Å². The molecule has 0 saturated carbocycles. The number of imide groups is 2. The molecule has 108 valence electrons. The molecule has 0 aliphatic carbocycles. The van der Waals surface area contributed by atoms with E-state index in [0.717, 1.165) is 13.1 Å². The van der Waals surface area contributed by atoms with Crippen LogP contribution in [0.2, 0.25) is 0 Å². The number of Topliss-reactive ketones (excluding diaryl/α,β-unsaturated/α-hetero) is 1. The Labute approximate surface area is 117 Å². The van der Waals surface area contributed by atoms with Crippen LogP contribution in [0, 0.1) is 10.1 Å². The second kappa shape index (κ2) is 5.12. The van der Waals surface area contributed by atoms with Crippen LogP contribution < -0.4 is 0 Å². The van der Waals surface area contributed by atoms with Gasteiger partial charge in [0.1, 0.15) is 0 Å². The first-order valence-electron chi connectivity index (χ1n) is 5.74. The first-order chi connectivity index (χ1) is 9.82. The molecule has 9 nitrogen and oxygen atoms in total. The van der Waals surface area contributed by atoms with E-state index < -0.39 is 35.1 Å². The summed E-state index contributed by atoms with van der Waals surface area (Å²) in [6, 6.07) is 3.99. The lowest BCUT2D eigenvalue weighted by Gasteiger charge is -2.11. The molecule has 4 amide bonds. The van der Waals surface area contributed by atoms with Gasteiger partial charge in [0.2, 0.25) is 0 Å². The van der Waals surface area contributed by atoms with Crippen molar-refractivity contribution in [3.05, 3.63) is 39.9 Å². The summed E-state index contributed by atoms with van der Waals surface area (Å²) in [4.78, 5) is 57.5. The van der Waals surface area contributed by atoms with Gasteiger partial charge in [0.15, 0.2) is 5.78 Å². The predicted octanol–water partition coefficient (Wildman–Crippen LogP) is 0.198. The number of likely N-dealkylation sites (N-methyl/N-ethyl adjacent to an activating group) is 1. The van der Waals surface area contributed by atoms with Crippen molar-refractivity contribution < 1.29 is 24.1 Å². The highest BCUT2D eigenvalue weighted by Gasteiger charge is 2.43. The molecule has 0 spiro atoms. The number of nitro groups is 1. The van der Waals surface area contributed by atoms with Crippen LogP contribution >= 0.6 is 0 Å². The fourth-order valence-corrected chi connectivity index (χ4v) is 1.78. The summed E-state index contributed by atoms with van der Waals surface area (Å²) < 4.78 is 0. The van der Waals surface area contributed by atoms with Crippen LogP contribution in [0.15, 0.2) is 24.3 Å². The summed E-state index contributed by atoms with van der Waals surface area (Å²) in [6.45, 7) is -0.644. The number of benzene rings is 1. The Morgan fingerprint density at radius 2 is 1.90 bits per heavy atom. The fraction of sp³-hybridized carbons (Fsp3) is 0.167. The first-order valence-corrected chi connectivity index (χ1v) is 5.74. The summed E-state index contributed by atoms with van der Waals surface area (Å²) in [5, 5.41) is 10.6. The molecule has 9 heteroatoms. The average Bonchev–Trinajstić information content (AvgIpc) is 2.65. The van der Waals surface area contributed by atoms with Crippen molar-refractivity contribution in [3.8, 4) is 0 Å². The number of carbonyl (C=O) groups excluding carboxylic acids is 4. The van der Waals surface area contributed by atoms with Gasteiger partial charge in [-0.15, -0.1) is 0 Å². The third-order valence-electron chi connectivity index (χ3n) is 2.93. The van der Waals surface area contributed by atoms with Crippen molar-refractivity contribution >= 4 is 29.3 Å². The number of nitrogens with zero attached hydrogens (tertiary/aromatic N) is 3. The molecule has 1 aliphatic rings. The van der Waals surface area contributed by atoms with Gasteiger partial charge in [-0.1, -0.05) is 12.1 Å². The smallest absolute Gasteiger partial charge is 0.292 e. The summed E-state index contributed by atoms with van der Waals surface area (Å²) in [5.74, 6) is -2.79. The Balaban J connectivity index is 2.21. The molecule has 0 unspecified atom stereocenters. The SMILES string of the molecule is CN1C(=O)C(=O)N(CC(=O)c2cccc([N+](=O)[O-])c2)C1=O. The highest BCUT2D eigenvalue weighted by atomic mass is 16.6. The third-order valence-corrected chi connectivity index (χ3v) is 2.93. The zero-order valence-corrected chi connectivity index (χ0v) is 10.8. The molecule has 2 rings (SSSR count). The lowest BCUT2D eigenvalue weighted by molar-refractivity contribution is -0.384. The second-order valence-corrected chi connectivity index (χ2v) is 4.27. The number of urea groups is 1. The van der Waals surface area contributed by atoms with E-state index in [1.54, 1.807) is 0 Å². The Kier molecular flexibility index (Phi) is 3.49. The molecule has 0 radical (unpaired) electrons. The number of hydrogen-bond acceptors (Lipinski definition) is 6. The van der Waals surface area contributed by atoms with Crippen LogP contribution in [-0.2, 0) is 9.59 Å². The van der Waals surface area contributed by atoms with E-state index in [4.69, 9.17) is 0 Å². The van der Waals surface area contributed by atoms with Crippen LogP contribution in [0.5, 0.6) is 0 Å². The van der Waals surface area contributed by atoms with Gasteiger partial charge < -0.3 is 0 Å². The van der Waals surface area contributed by atoms with E-state index in [1.807, 2.05) is 0 Å². The van der Waals surface area contributed by atoms with Crippen molar-refractivity contribution in [2.45, 2.75) is 0 Å². The van der Waals surface area contributed by atoms with Crippen LogP contribution in [0.1, 0.15) is 10.4 Å². The van der Waals surface area contributed by atoms with E-state index in [0.29, 0.717) is 9.80 Å². The minimum atomic E-state index is -1.10. The number of hydrogen-bond donors (Lipinski definition) is 0. The molecule has 1 aromatic rings. The van der Waals surface area contributed by atoms with Gasteiger partial charge >= 0.3 is 17.8 Å². The maximum atomic E-state index is 12.0. The molecule has 1 aliphatic heterocycles. The summed E-state index contributed by atoms with van der Waals surface area (Å²) in [7, 11) is 1.13. The molecule has 1 fully saturated rings. The van der Waals surface area contributed by atoms with Gasteiger partial charge in [-0.3, -0.25) is 29.4 Å². The van der Waals surface area contributed by atoms with E-state index in [2.05, 4.69) is 0 Å². The number of carbonyl (C=O) groups is 4. The van der Waals surface area contributed by atoms with Crippen molar-refractivity contribution in [2.24, 2.45) is 0 Å². The highest BCUT2D eigenvalue weighted by Crippen LogP contribution is 2.15. The van der Waals surface area contributed by atoms with E-state index in [1.165, 1.54) is 18.2 Å². The van der Waals surface area contributed by atoms with Crippen LogP contribution in [0.4, 0.5) is 10.5 Å². The molecule has 0 atom stereocenters. The Hall–Kier alpha value is -3.10. The monoisotopic (exact) mass is 291 g/mol. The van der Waals surface area contributed by atoms with Crippen molar-refractivity contribution in [1.29, 1.82) is 0 Å². The molecule has 1 aromatic carbocycles. The van der Waals surface area contributed by atoms with Gasteiger partial charge in [-0.2, -0.15) is 0 Å². The molecular weight excluding hydrogens is 282 g/mol. The van der Waals surface area contributed by atoms with Crippen LogP contribution in [0.3, 0.4) is 0 Å². The van der Waals surface area contributed by atoms with Gasteiger partial charge in [0.25, 0.3) is 5.69 Å². The molecular formula is C12H9N3O6. The largest absolute Gasteiger partial charge is 0.334 e. The number of rotatable bonds is 4.